The molecule has 396 valence electrons. The standard InChI is InChI=1S/C23H24N2O2.C14H16N2O.C9H11NO.C8H5NO2.C6H15NO.CH4/c1-23(2,3)19-13-26-21(24-19)15-8-6-9-16(11-15)22-25-20-17-10-5-4-7-14(17)12-18(20)27-22;1-14(2,3)12-9-17-13(16-12)10-6-5-7-11(8-10)15-4;10-9-7-4-2-1-3-6(7)5-8(9)11;1-9-7-4-2-3-6(5-7)8(10)11;1-6(2,3)5(7)4-8;/h4-11,18-20H,12-13H2,1-3H3;5-8,12H,9H2,1-3H3;1-4,8-9,11H,5,10H2;2-5H,(H,10,11);5,8H,4,7H2,1-3H3;1H4/t18-,19-,20?;12-;8-,9+;;5-;/m101.1./s1. The monoisotopic (exact) mass is 1020 g/mol. The van der Waals surface area contributed by atoms with E-state index in [1.807, 2.05) is 81.4 Å². The van der Waals surface area contributed by atoms with Crippen molar-refractivity contribution in [2.45, 2.75) is 125 Å². The Balaban J connectivity index is 0.000000187. The van der Waals surface area contributed by atoms with Gasteiger partial charge in [-0.1, -0.05) is 161 Å². The van der Waals surface area contributed by atoms with E-state index in [-0.39, 0.29) is 78.3 Å². The van der Waals surface area contributed by atoms with Crippen LogP contribution in [0, 0.1) is 29.4 Å². The summed E-state index contributed by atoms with van der Waals surface area (Å²) in [6.07, 6.45) is 1.37. The minimum atomic E-state index is -1.00. The van der Waals surface area contributed by atoms with Gasteiger partial charge in [0, 0.05) is 41.1 Å². The number of carboxylic acid groups (broad SMARTS) is 1. The van der Waals surface area contributed by atoms with Gasteiger partial charge in [-0.05, 0) is 68.8 Å². The number of ether oxygens (including phenoxy) is 3. The number of hydrogen-bond acceptors (Lipinski definition) is 11. The predicted molar refractivity (Wildman–Crippen MR) is 299 cm³/mol. The summed E-state index contributed by atoms with van der Waals surface area (Å²) < 4.78 is 17.7. The van der Waals surface area contributed by atoms with Crippen molar-refractivity contribution < 1.29 is 34.3 Å². The molecule has 5 aromatic carbocycles. The summed E-state index contributed by atoms with van der Waals surface area (Å²) in [4.78, 5) is 31.2. The number of aliphatic imine (C=N–C) groups is 3. The van der Waals surface area contributed by atoms with E-state index in [0.29, 0.717) is 36.9 Å². The van der Waals surface area contributed by atoms with Crippen LogP contribution in [0.4, 0.5) is 11.4 Å². The molecule has 0 bridgehead atoms. The van der Waals surface area contributed by atoms with E-state index in [4.69, 9.17) is 59.0 Å². The van der Waals surface area contributed by atoms with E-state index < -0.39 is 5.97 Å². The molecule has 0 aromatic heterocycles. The van der Waals surface area contributed by atoms with Crippen LogP contribution in [0.1, 0.15) is 131 Å². The summed E-state index contributed by atoms with van der Waals surface area (Å²) >= 11 is 0. The first kappa shape index (κ1) is 58.7. The summed E-state index contributed by atoms with van der Waals surface area (Å²) in [5, 5.41) is 26.4. The highest BCUT2D eigenvalue weighted by molar-refractivity contribution is 6.01. The zero-order chi connectivity index (χ0) is 54.0. The first-order chi connectivity index (χ1) is 35.0. The Hall–Kier alpha value is -7.20. The molecular weight excluding hydrogens is 943 g/mol. The van der Waals surface area contributed by atoms with Gasteiger partial charge < -0.3 is 41.0 Å². The van der Waals surface area contributed by atoms with Gasteiger partial charge in [0.05, 0.1) is 44.0 Å². The van der Waals surface area contributed by atoms with Crippen LogP contribution in [-0.2, 0) is 27.1 Å². The maximum atomic E-state index is 10.4. The fraction of sp³-hybridized carbons (Fsp3) is 0.410. The number of aliphatic hydroxyl groups excluding tert-OH is 2. The molecule has 0 amide bonds. The van der Waals surface area contributed by atoms with Crippen molar-refractivity contribution in [2.75, 3.05) is 19.8 Å². The molecule has 5 aromatic rings. The Labute approximate surface area is 443 Å². The van der Waals surface area contributed by atoms with Crippen molar-refractivity contribution in [3.8, 4) is 0 Å². The molecule has 10 rings (SSSR count). The quantitative estimate of drug-likeness (QED) is 0.106. The van der Waals surface area contributed by atoms with Crippen molar-refractivity contribution in [1.82, 2.24) is 0 Å². The Kier molecular flexibility index (Phi) is 19.8. The minimum absolute atomic E-state index is 0. The molecule has 7 N–H and O–H groups in total. The number of rotatable bonds is 5. The van der Waals surface area contributed by atoms with E-state index in [2.05, 4.69) is 86.6 Å². The third kappa shape index (κ3) is 15.4. The van der Waals surface area contributed by atoms with Gasteiger partial charge in [0.1, 0.15) is 25.4 Å². The largest absolute Gasteiger partial charge is 0.478 e. The maximum Gasteiger partial charge on any atom is 0.334 e. The predicted octanol–water partition coefficient (Wildman–Crippen LogP) is 11.3. The normalized spacial score (nSPS) is 20.9. The van der Waals surface area contributed by atoms with Crippen molar-refractivity contribution in [2.24, 2.45) is 42.7 Å². The third-order valence-corrected chi connectivity index (χ3v) is 13.3. The molecule has 7 atom stereocenters. The van der Waals surface area contributed by atoms with Gasteiger partial charge in [-0.15, -0.1) is 0 Å². The topological polar surface area (TPSA) is 203 Å². The molecule has 14 nitrogen and oxygen atoms in total. The molecule has 0 spiro atoms. The molecule has 0 saturated carbocycles. The van der Waals surface area contributed by atoms with E-state index in [9.17, 15) is 9.90 Å². The van der Waals surface area contributed by atoms with Crippen molar-refractivity contribution in [3.05, 3.63) is 189 Å². The van der Waals surface area contributed by atoms with Crippen LogP contribution in [0.2, 0.25) is 0 Å². The maximum absolute atomic E-state index is 10.4. The molecule has 75 heavy (non-hydrogen) atoms. The number of carboxylic acids is 1. The zero-order valence-electron chi connectivity index (χ0n) is 44.0. The van der Waals surface area contributed by atoms with Crippen LogP contribution in [0.3, 0.4) is 0 Å². The molecule has 0 radical (unpaired) electrons. The van der Waals surface area contributed by atoms with Gasteiger partial charge in [-0.3, -0.25) is 0 Å². The lowest BCUT2D eigenvalue weighted by molar-refractivity contribution is 0.0696. The molecule has 5 aliphatic rings. The number of nitrogens with zero attached hydrogens (tertiary/aromatic N) is 5. The number of aromatic carboxylic acids is 1. The van der Waals surface area contributed by atoms with Crippen LogP contribution in [-0.4, -0.2) is 89.1 Å². The molecule has 0 saturated heterocycles. The Bertz CT molecular complexity index is 2930. The van der Waals surface area contributed by atoms with Crippen LogP contribution >= 0.6 is 0 Å². The number of aliphatic hydroxyl groups is 2. The number of carbonyl (C=O) groups is 1. The lowest BCUT2D eigenvalue weighted by atomic mass is 9.88. The smallest absolute Gasteiger partial charge is 0.334 e. The van der Waals surface area contributed by atoms with Crippen LogP contribution in [0.25, 0.3) is 9.69 Å². The number of hydrogen-bond donors (Lipinski definition) is 5. The Morgan fingerprint density at radius 2 is 1.15 bits per heavy atom. The minimum Gasteiger partial charge on any atom is -0.478 e. The van der Waals surface area contributed by atoms with E-state index >= 15 is 0 Å². The second-order valence-corrected chi connectivity index (χ2v) is 22.1. The lowest BCUT2D eigenvalue weighted by Gasteiger charge is -2.24. The van der Waals surface area contributed by atoms with E-state index in [1.54, 1.807) is 18.2 Å². The first-order valence-electron chi connectivity index (χ1n) is 24.9. The Morgan fingerprint density at radius 1 is 0.667 bits per heavy atom. The number of benzene rings is 5. The number of nitrogens with two attached hydrogens (primary N) is 2. The van der Waals surface area contributed by atoms with Gasteiger partial charge in [-0.25, -0.2) is 29.5 Å². The van der Waals surface area contributed by atoms with Gasteiger partial charge in [0.25, 0.3) is 0 Å². The number of fused-ring (bicyclic) bond motifs is 4. The lowest BCUT2D eigenvalue weighted by Crippen LogP contribution is -2.37. The highest BCUT2D eigenvalue weighted by Gasteiger charge is 2.40. The molecule has 1 unspecified atom stereocenters. The van der Waals surface area contributed by atoms with Crippen LogP contribution < -0.4 is 11.5 Å². The highest BCUT2D eigenvalue weighted by atomic mass is 16.5. The fourth-order valence-corrected chi connectivity index (χ4v) is 8.27. The summed E-state index contributed by atoms with van der Waals surface area (Å²) in [6, 6.07) is 38.2. The molecule has 3 aliphatic heterocycles. The third-order valence-electron chi connectivity index (χ3n) is 13.3. The molecule has 2 aliphatic carbocycles. The van der Waals surface area contributed by atoms with Gasteiger partial charge >= 0.3 is 5.97 Å². The summed E-state index contributed by atoms with van der Waals surface area (Å²) in [7, 11) is 0. The average molecular weight is 1020 g/mol. The SMILES string of the molecule is C.CC(C)(C)[C@H](N)CO.CC(C)(C)[C@H]1COC(c2cccc(C3=NC4c5ccccc5C[C@H]4O3)c2)=N1.N[C@H]1c2ccccc2C[C@H]1O.[C-]#[N+]c1cccc(C(=O)O)c1.[C-]#[N+]c1cccc(C2=N[C@H](C(C)(C)C)CO2)c1. The van der Waals surface area contributed by atoms with Crippen LogP contribution in [0.15, 0.2) is 136 Å². The molecule has 0 fully saturated rings. The highest BCUT2D eigenvalue weighted by Crippen LogP contribution is 2.41. The van der Waals surface area contributed by atoms with Crippen LogP contribution in [0.5, 0.6) is 0 Å². The zero-order valence-corrected chi connectivity index (χ0v) is 44.0. The summed E-state index contributed by atoms with van der Waals surface area (Å²) in [5.41, 5.74) is 20.4. The van der Waals surface area contributed by atoms with Gasteiger partial charge in [0.2, 0.25) is 17.7 Å². The summed E-state index contributed by atoms with van der Waals surface area (Å²) in [6.45, 7) is 34.0. The second kappa shape index (κ2) is 25.4. The molecule has 3 heterocycles. The van der Waals surface area contributed by atoms with Gasteiger partial charge in [-0.2, -0.15) is 0 Å². The van der Waals surface area contributed by atoms with Gasteiger partial charge in [0.15, 0.2) is 11.4 Å². The van der Waals surface area contributed by atoms with Crippen molar-refractivity contribution in [1.29, 1.82) is 0 Å². The first-order valence-corrected chi connectivity index (χ1v) is 24.9. The molecule has 14 heteroatoms. The van der Waals surface area contributed by atoms with Crippen molar-refractivity contribution >= 4 is 35.0 Å². The fourth-order valence-electron chi connectivity index (χ4n) is 8.27. The summed E-state index contributed by atoms with van der Waals surface area (Å²) in [5.74, 6) is 1.11. The molecular formula is C61H75N7O7. The average Bonchev–Trinajstić information content (AvgIpc) is 4.24. The Morgan fingerprint density at radius 3 is 1.63 bits per heavy atom. The van der Waals surface area contributed by atoms with Crippen molar-refractivity contribution in [3.63, 3.8) is 0 Å². The van der Waals surface area contributed by atoms with E-state index in [1.165, 1.54) is 28.8 Å². The second-order valence-electron chi connectivity index (χ2n) is 22.1. The van der Waals surface area contributed by atoms with E-state index in [0.717, 1.165) is 40.5 Å².